The number of aromatic nitrogens is 3. The summed E-state index contributed by atoms with van der Waals surface area (Å²) in [7, 11) is 0. The molecule has 2 aromatic heterocycles. The summed E-state index contributed by atoms with van der Waals surface area (Å²) in [6, 6.07) is 12.8. The number of aryl methyl sites for hydroxylation is 1. The number of hydrogen-bond acceptors (Lipinski definition) is 8. The average Bonchev–Trinajstić information content (AvgIpc) is 3.20. The van der Waals surface area contributed by atoms with Crippen molar-refractivity contribution in [1.29, 1.82) is 0 Å². The van der Waals surface area contributed by atoms with E-state index in [4.69, 9.17) is 9.26 Å². The van der Waals surface area contributed by atoms with Gasteiger partial charge in [-0.3, -0.25) is 14.6 Å². The molecule has 1 N–H and O–H groups in total. The van der Waals surface area contributed by atoms with Gasteiger partial charge in [-0.25, -0.2) is 0 Å². The monoisotopic (exact) mass is 398 g/mol. The van der Waals surface area contributed by atoms with E-state index < -0.39 is 11.9 Å². The van der Waals surface area contributed by atoms with Crippen LogP contribution in [-0.2, 0) is 20.7 Å². The molecular formula is C19H18N4O4S. The smallest absolute Gasteiger partial charge is 0.306 e. The van der Waals surface area contributed by atoms with Crippen molar-refractivity contribution in [2.75, 3.05) is 18.2 Å². The highest BCUT2D eigenvalue weighted by atomic mass is 32.2. The molecule has 0 unspecified atom stereocenters. The summed E-state index contributed by atoms with van der Waals surface area (Å²) in [5, 5.41) is 6.52. The van der Waals surface area contributed by atoms with Crippen molar-refractivity contribution in [3.05, 3.63) is 54.6 Å². The van der Waals surface area contributed by atoms with E-state index >= 15 is 0 Å². The zero-order valence-electron chi connectivity index (χ0n) is 15.1. The number of anilines is 1. The van der Waals surface area contributed by atoms with Crippen molar-refractivity contribution in [1.82, 2.24) is 15.1 Å². The number of thioether (sulfide) groups is 1. The molecule has 8 nitrogen and oxygen atoms in total. The van der Waals surface area contributed by atoms with Gasteiger partial charge in [0, 0.05) is 23.2 Å². The van der Waals surface area contributed by atoms with E-state index in [1.54, 1.807) is 36.2 Å². The molecule has 0 radical (unpaired) electrons. The fraction of sp³-hybridized carbons (Fsp3) is 0.211. The minimum Gasteiger partial charge on any atom is -0.456 e. The molecule has 0 aliphatic carbocycles. The Morgan fingerprint density at radius 3 is 2.89 bits per heavy atom. The van der Waals surface area contributed by atoms with E-state index in [9.17, 15) is 9.59 Å². The van der Waals surface area contributed by atoms with Crippen LogP contribution in [0.15, 0.2) is 58.1 Å². The molecule has 28 heavy (non-hydrogen) atoms. The van der Waals surface area contributed by atoms with Crippen molar-refractivity contribution in [2.45, 2.75) is 17.7 Å². The minimum absolute atomic E-state index is 0.0269. The van der Waals surface area contributed by atoms with Crippen molar-refractivity contribution in [3.63, 3.8) is 0 Å². The van der Waals surface area contributed by atoms with Gasteiger partial charge in [0.2, 0.25) is 11.7 Å². The number of nitrogens with zero attached hydrogens (tertiary/aromatic N) is 3. The highest BCUT2D eigenvalue weighted by molar-refractivity contribution is 7.98. The van der Waals surface area contributed by atoms with Crippen LogP contribution in [0.4, 0.5) is 5.69 Å². The molecule has 0 bridgehead atoms. The largest absolute Gasteiger partial charge is 0.456 e. The Kier molecular flexibility index (Phi) is 6.74. The van der Waals surface area contributed by atoms with Gasteiger partial charge >= 0.3 is 5.97 Å². The lowest BCUT2D eigenvalue weighted by atomic mass is 10.3. The molecule has 1 aromatic carbocycles. The van der Waals surface area contributed by atoms with Gasteiger partial charge in [0.15, 0.2) is 6.61 Å². The van der Waals surface area contributed by atoms with Gasteiger partial charge in [0.25, 0.3) is 5.91 Å². The standard InChI is InChI=1S/C19H18N4O4S/c1-28-14-6-4-5-13(11-14)21-16(24)12-26-18(25)9-8-17-22-19(23-27-17)15-7-2-3-10-20-15/h2-7,10-11H,8-9,12H2,1H3,(H,21,24). The summed E-state index contributed by atoms with van der Waals surface area (Å²) in [6.07, 6.45) is 3.83. The van der Waals surface area contributed by atoms with Crippen molar-refractivity contribution >= 4 is 29.3 Å². The number of benzene rings is 1. The van der Waals surface area contributed by atoms with E-state index in [2.05, 4.69) is 20.4 Å². The fourth-order valence-corrected chi connectivity index (χ4v) is 2.74. The molecule has 3 aromatic rings. The number of pyridine rings is 1. The molecule has 0 fully saturated rings. The zero-order chi connectivity index (χ0) is 19.8. The molecule has 2 heterocycles. The first-order valence-corrected chi connectivity index (χ1v) is 9.70. The summed E-state index contributed by atoms with van der Waals surface area (Å²) in [4.78, 5) is 33.1. The van der Waals surface area contributed by atoms with Gasteiger partial charge in [-0.05, 0) is 36.6 Å². The minimum atomic E-state index is -0.523. The maximum Gasteiger partial charge on any atom is 0.306 e. The zero-order valence-corrected chi connectivity index (χ0v) is 15.9. The fourth-order valence-electron chi connectivity index (χ4n) is 2.28. The summed E-state index contributed by atoms with van der Waals surface area (Å²) in [5.41, 5.74) is 1.24. The molecule has 0 spiro atoms. The predicted molar refractivity (Wildman–Crippen MR) is 104 cm³/mol. The van der Waals surface area contributed by atoms with E-state index in [0.29, 0.717) is 23.1 Å². The quantitative estimate of drug-likeness (QED) is 0.456. The summed E-state index contributed by atoms with van der Waals surface area (Å²) < 4.78 is 10.1. The number of carbonyl (C=O) groups excluding carboxylic acids is 2. The Hall–Kier alpha value is -3.20. The van der Waals surface area contributed by atoms with Crippen molar-refractivity contribution < 1.29 is 18.8 Å². The number of nitrogens with one attached hydrogen (secondary N) is 1. The van der Waals surface area contributed by atoms with Gasteiger partial charge < -0.3 is 14.6 Å². The number of esters is 1. The lowest BCUT2D eigenvalue weighted by Gasteiger charge is -2.07. The third-order valence-electron chi connectivity index (χ3n) is 3.62. The van der Waals surface area contributed by atoms with Crippen LogP contribution in [0.1, 0.15) is 12.3 Å². The van der Waals surface area contributed by atoms with Gasteiger partial charge in [0.05, 0.1) is 6.42 Å². The summed E-state index contributed by atoms with van der Waals surface area (Å²) in [5.74, 6) is -0.265. The SMILES string of the molecule is CSc1cccc(NC(=O)COC(=O)CCc2nc(-c3ccccn3)no2)c1. The first-order valence-electron chi connectivity index (χ1n) is 8.47. The van der Waals surface area contributed by atoms with Gasteiger partial charge in [0.1, 0.15) is 5.69 Å². The number of ether oxygens (including phenoxy) is 1. The molecule has 3 rings (SSSR count). The Balaban J connectivity index is 1.42. The Morgan fingerprint density at radius 2 is 2.11 bits per heavy atom. The molecular weight excluding hydrogens is 380 g/mol. The third-order valence-corrected chi connectivity index (χ3v) is 4.35. The van der Waals surface area contributed by atoms with Crippen LogP contribution < -0.4 is 5.32 Å². The Labute approximate surface area is 165 Å². The Bertz CT molecular complexity index is 946. The van der Waals surface area contributed by atoms with Gasteiger partial charge in [-0.15, -0.1) is 11.8 Å². The van der Waals surface area contributed by atoms with Crippen LogP contribution >= 0.6 is 11.8 Å². The first-order chi connectivity index (χ1) is 13.6. The lowest BCUT2D eigenvalue weighted by molar-refractivity contribution is -0.147. The predicted octanol–water partition coefficient (Wildman–Crippen LogP) is 2.97. The van der Waals surface area contributed by atoms with Gasteiger partial charge in [-0.2, -0.15) is 4.98 Å². The molecule has 0 saturated heterocycles. The normalized spacial score (nSPS) is 10.5. The maximum absolute atomic E-state index is 11.9. The topological polar surface area (TPSA) is 107 Å². The van der Waals surface area contributed by atoms with Crippen molar-refractivity contribution in [3.8, 4) is 11.5 Å². The lowest BCUT2D eigenvalue weighted by Crippen LogP contribution is -2.21. The average molecular weight is 398 g/mol. The van der Waals surface area contributed by atoms with E-state index in [1.807, 2.05) is 30.5 Å². The van der Waals surface area contributed by atoms with Crippen LogP contribution in [0.5, 0.6) is 0 Å². The van der Waals surface area contributed by atoms with E-state index in [0.717, 1.165) is 4.90 Å². The van der Waals surface area contributed by atoms with E-state index in [-0.39, 0.29) is 19.4 Å². The van der Waals surface area contributed by atoms with Gasteiger partial charge in [-0.1, -0.05) is 17.3 Å². The highest BCUT2D eigenvalue weighted by Gasteiger charge is 2.13. The van der Waals surface area contributed by atoms with Crippen LogP contribution in [0, 0.1) is 0 Å². The molecule has 1 amide bonds. The first kappa shape index (κ1) is 19.6. The number of carbonyl (C=O) groups is 2. The van der Waals surface area contributed by atoms with Crippen molar-refractivity contribution in [2.24, 2.45) is 0 Å². The maximum atomic E-state index is 11.9. The number of hydrogen-bond donors (Lipinski definition) is 1. The van der Waals surface area contributed by atoms with Crippen LogP contribution in [0.2, 0.25) is 0 Å². The third kappa shape index (κ3) is 5.65. The van der Waals surface area contributed by atoms with E-state index in [1.165, 1.54) is 0 Å². The van der Waals surface area contributed by atoms with Crippen LogP contribution in [-0.4, -0.2) is 39.9 Å². The molecule has 0 atom stereocenters. The second kappa shape index (κ2) is 9.65. The summed E-state index contributed by atoms with van der Waals surface area (Å²) in [6.45, 7) is -0.356. The molecule has 0 saturated carbocycles. The van der Waals surface area contributed by atoms with Crippen LogP contribution in [0.25, 0.3) is 11.5 Å². The highest BCUT2D eigenvalue weighted by Crippen LogP contribution is 2.19. The molecule has 0 aliphatic heterocycles. The second-order valence-corrected chi connectivity index (χ2v) is 6.55. The number of rotatable bonds is 8. The molecule has 9 heteroatoms. The number of amides is 1. The molecule has 0 aliphatic rings. The second-order valence-electron chi connectivity index (χ2n) is 5.67. The van der Waals surface area contributed by atoms with Crippen LogP contribution in [0.3, 0.4) is 0 Å². The Morgan fingerprint density at radius 1 is 1.21 bits per heavy atom. The molecule has 144 valence electrons. The summed E-state index contributed by atoms with van der Waals surface area (Å²) >= 11 is 1.57.